The predicted octanol–water partition coefficient (Wildman–Crippen LogP) is -2.21. The van der Waals surface area contributed by atoms with Gasteiger partial charge < -0.3 is 0 Å². The Bertz CT molecular complexity index is 226. The predicted molar refractivity (Wildman–Crippen MR) is 46.2 cm³/mol. The van der Waals surface area contributed by atoms with Gasteiger partial charge in [-0.3, -0.25) is 0 Å². The van der Waals surface area contributed by atoms with Gasteiger partial charge in [0.2, 0.25) is 0 Å². The summed E-state index contributed by atoms with van der Waals surface area (Å²) in [6.45, 7) is 7.41. The molecule has 0 rings (SSSR count). The topological polar surface area (TPSA) is 37.4 Å². The van der Waals surface area contributed by atoms with E-state index in [1.165, 1.54) is 16.5 Å². The van der Waals surface area contributed by atoms with Gasteiger partial charge in [-0.2, -0.15) is 0 Å². The van der Waals surface area contributed by atoms with Gasteiger partial charge >= 0.3 is 18.9 Å². The van der Waals surface area contributed by atoms with Crippen LogP contribution in [-0.4, -0.2) is 25.8 Å². The van der Waals surface area contributed by atoms with Crippen LogP contribution in [0.25, 0.3) is 0 Å². The van der Waals surface area contributed by atoms with E-state index in [1.807, 2.05) is 0 Å². The van der Waals surface area contributed by atoms with Gasteiger partial charge in [0.15, 0.2) is 0 Å². The zero-order valence-electron chi connectivity index (χ0n) is 7.36. The summed E-state index contributed by atoms with van der Waals surface area (Å²) < 4.78 is 22.8. The third kappa shape index (κ3) is 5.61. The average molecular weight is 181 g/mol. The Morgan fingerprint density at radius 1 is 1.25 bits per heavy atom. The van der Waals surface area contributed by atoms with Crippen LogP contribution in [0.1, 0.15) is 0 Å². The van der Waals surface area contributed by atoms with Gasteiger partial charge in [-0.15, -0.1) is 13.2 Å². The van der Waals surface area contributed by atoms with Crippen molar-refractivity contribution in [2.24, 2.45) is 0 Å². The van der Waals surface area contributed by atoms with Crippen LogP contribution in [0.4, 0.5) is 0 Å². The minimum atomic E-state index is -3.35. The summed E-state index contributed by atoms with van der Waals surface area (Å²) in [7, 11) is -3.35. The third-order valence-corrected chi connectivity index (χ3v) is 2.14. The van der Waals surface area contributed by atoms with Gasteiger partial charge in [0.25, 0.3) is 0 Å². The number of rotatable bonds is 5. The summed E-state index contributed by atoms with van der Waals surface area (Å²) in [5.41, 5.74) is 0. The normalized spacial score (nSPS) is 10.5. The summed E-state index contributed by atoms with van der Waals surface area (Å²) in [5, 5.41) is 0. The van der Waals surface area contributed by atoms with Crippen LogP contribution in [0.2, 0.25) is 0 Å². The standard InChI is InChI=1S/C7H12NO2S.Li/c1-4-6-8(7-5-2)11(3,9)10;/h4-5H,1-3,6-7H2;/q-1;+1. The minimum absolute atomic E-state index is 0. The number of hydrogen-bond donors (Lipinski definition) is 0. The fraction of sp³-hybridized carbons (Fsp3) is 0.286. The quantitative estimate of drug-likeness (QED) is 0.274. The Morgan fingerprint density at radius 3 is 1.75 bits per heavy atom. The van der Waals surface area contributed by atoms with E-state index in [0.717, 1.165) is 0 Å². The SMILES string of the molecule is C=CCN(CC=C)S([CH2-])(=O)=O.[Li+]. The Labute approximate surface area is 86.4 Å². The molecule has 0 heterocycles. The van der Waals surface area contributed by atoms with Crippen LogP contribution < -0.4 is 18.9 Å². The second kappa shape index (κ2) is 6.50. The molecule has 3 nitrogen and oxygen atoms in total. The summed E-state index contributed by atoms with van der Waals surface area (Å²) in [6.07, 6.45) is 6.02. The van der Waals surface area contributed by atoms with Crippen LogP contribution in [0.5, 0.6) is 0 Å². The molecule has 0 aromatic heterocycles. The second-order valence-electron chi connectivity index (χ2n) is 2.01. The molecule has 0 aromatic carbocycles. The minimum Gasteiger partial charge on any atom is -0.247 e. The first-order valence-electron chi connectivity index (χ1n) is 3.07. The number of hydrogen-bond acceptors (Lipinski definition) is 2. The largest absolute Gasteiger partial charge is 1.00 e. The van der Waals surface area contributed by atoms with Gasteiger partial charge in [-0.05, 0) is 0 Å². The van der Waals surface area contributed by atoms with Crippen molar-refractivity contribution in [3.8, 4) is 0 Å². The van der Waals surface area contributed by atoms with E-state index < -0.39 is 10.0 Å². The van der Waals surface area contributed by atoms with E-state index in [2.05, 4.69) is 19.4 Å². The molecule has 0 atom stereocenters. The molecule has 64 valence electrons. The fourth-order valence-corrected chi connectivity index (χ4v) is 1.25. The van der Waals surface area contributed by atoms with E-state index >= 15 is 0 Å². The molecule has 0 aliphatic carbocycles. The second-order valence-corrected chi connectivity index (χ2v) is 3.69. The molecule has 12 heavy (non-hydrogen) atoms. The molecule has 0 aliphatic heterocycles. The third-order valence-electron chi connectivity index (χ3n) is 1.06. The van der Waals surface area contributed by atoms with Crippen LogP contribution in [0.15, 0.2) is 25.3 Å². The van der Waals surface area contributed by atoms with Crippen molar-refractivity contribution in [1.82, 2.24) is 4.31 Å². The van der Waals surface area contributed by atoms with Crippen molar-refractivity contribution in [1.29, 1.82) is 0 Å². The zero-order chi connectivity index (χ0) is 8.91. The Balaban J connectivity index is 0. The summed E-state index contributed by atoms with van der Waals surface area (Å²) in [6, 6.07) is 0. The van der Waals surface area contributed by atoms with Crippen molar-refractivity contribution < 1.29 is 27.3 Å². The molecule has 0 aromatic rings. The molecule has 0 N–H and O–H groups in total. The molecule has 0 bridgehead atoms. The van der Waals surface area contributed by atoms with Crippen molar-refractivity contribution in [2.45, 2.75) is 0 Å². The molecule has 0 saturated carbocycles. The van der Waals surface area contributed by atoms with Crippen molar-refractivity contribution in [2.75, 3.05) is 13.1 Å². The fourth-order valence-electron chi connectivity index (χ4n) is 0.590. The first-order valence-corrected chi connectivity index (χ1v) is 4.68. The summed E-state index contributed by atoms with van der Waals surface area (Å²) >= 11 is 0. The van der Waals surface area contributed by atoms with Crippen LogP contribution in [0.3, 0.4) is 0 Å². The van der Waals surface area contributed by atoms with Gasteiger partial charge in [-0.1, -0.05) is 12.2 Å². The van der Waals surface area contributed by atoms with Gasteiger partial charge in [0, 0.05) is 13.1 Å². The summed E-state index contributed by atoms with van der Waals surface area (Å²) in [5.74, 6) is 0. The van der Waals surface area contributed by atoms with Gasteiger partial charge in [-0.25, -0.2) is 19.0 Å². The smallest absolute Gasteiger partial charge is 0.247 e. The van der Waals surface area contributed by atoms with Crippen molar-refractivity contribution in [3.05, 3.63) is 31.6 Å². The van der Waals surface area contributed by atoms with E-state index in [9.17, 15) is 8.42 Å². The van der Waals surface area contributed by atoms with Gasteiger partial charge in [0.1, 0.15) is 0 Å². The first kappa shape index (κ1) is 14.5. The molecule has 0 spiro atoms. The first-order chi connectivity index (χ1) is 5.02. The Hall–Kier alpha value is -0.0126. The van der Waals surface area contributed by atoms with Crippen LogP contribution >= 0.6 is 0 Å². The monoisotopic (exact) mass is 181 g/mol. The molecule has 0 aliphatic rings. The van der Waals surface area contributed by atoms with Crippen molar-refractivity contribution in [3.63, 3.8) is 0 Å². The molecule has 5 heteroatoms. The maximum Gasteiger partial charge on any atom is 1.00 e. The number of sulfonamides is 1. The van der Waals surface area contributed by atoms with E-state index in [1.54, 1.807) is 0 Å². The molecule has 0 amide bonds. The van der Waals surface area contributed by atoms with Crippen molar-refractivity contribution >= 4 is 10.0 Å². The van der Waals surface area contributed by atoms with E-state index in [-0.39, 0.29) is 32.0 Å². The van der Waals surface area contributed by atoms with Crippen LogP contribution in [-0.2, 0) is 10.0 Å². The Kier molecular flexibility index (Phi) is 7.86. The molecular weight excluding hydrogens is 169 g/mol. The zero-order valence-corrected chi connectivity index (χ0v) is 8.18. The maximum atomic E-state index is 10.8. The average Bonchev–Trinajstić information content (AvgIpc) is 1.85. The molecule has 0 saturated heterocycles. The van der Waals surface area contributed by atoms with Crippen LogP contribution in [0, 0.1) is 6.26 Å². The number of nitrogens with zero attached hydrogens (tertiary/aromatic N) is 1. The molecule has 0 radical (unpaired) electrons. The van der Waals surface area contributed by atoms with Gasteiger partial charge in [0.05, 0.1) is 10.0 Å². The van der Waals surface area contributed by atoms with E-state index in [0.29, 0.717) is 0 Å². The maximum absolute atomic E-state index is 10.8. The van der Waals surface area contributed by atoms with E-state index in [4.69, 9.17) is 0 Å². The Morgan fingerprint density at radius 2 is 1.58 bits per heavy atom. The molecule has 0 fully saturated rings. The molecular formula is C7H12LiNO2S. The molecule has 0 unspecified atom stereocenters. The summed E-state index contributed by atoms with van der Waals surface area (Å²) in [4.78, 5) is 0.